The first-order chi connectivity index (χ1) is 12.7. The van der Waals surface area contributed by atoms with E-state index in [1.807, 2.05) is 43.3 Å². The van der Waals surface area contributed by atoms with Gasteiger partial charge in [0.2, 0.25) is 0 Å². The highest BCUT2D eigenvalue weighted by Crippen LogP contribution is 2.30. The van der Waals surface area contributed by atoms with Crippen LogP contribution in [0.15, 0.2) is 59.3 Å². The Bertz CT molecular complexity index is 911. The maximum Gasteiger partial charge on any atom is 0.368 e. The lowest BCUT2D eigenvalue weighted by molar-refractivity contribution is -0.136. The lowest BCUT2D eigenvalue weighted by Gasteiger charge is -2.11. The zero-order chi connectivity index (χ0) is 18.4. The maximum absolute atomic E-state index is 12.1. The van der Waals surface area contributed by atoms with E-state index in [0.29, 0.717) is 29.4 Å². The Labute approximate surface area is 150 Å². The van der Waals surface area contributed by atoms with Crippen LogP contribution in [0.2, 0.25) is 0 Å². The van der Waals surface area contributed by atoms with Crippen molar-refractivity contribution < 1.29 is 19.1 Å². The molecule has 0 atom stereocenters. The van der Waals surface area contributed by atoms with E-state index in [2.05, 4.69) is 5.16 Å². The topological polar surface area (TPSA) is 80.9 Å². The molecular formula is C20H16N2O4. The van der Waals surface area contributed by atoms with Gasteiger partial charge in [-0.15, -0.1) is 0 Å². The number of carbonyl (C=O) groups excluding carboxylic acids is 1. The average Bonchev–Trinajstić information content (AvgIpc) is 3.02. The number of benzene rings is 2. The molecule has 0 fully saturated rings. The second-order valence-corrected chi connectivity index (χ2v) is 5.33. The predicted molar refractivity (Wildman–Crippen MR) is 95.8 cm³/mol. The van der Waals surface area contributed by atoms with Crippen molar-refractivity contribution in [2.45, 2.75) is 6.92 Å². The molecule has 0 bridgehead atoms. The van der Waals surface area contributed by atoms with Crippen molar-refractivity contribution in [2.24, 2.45) is 5.16 Å². The monoisotopic (exact) mass is 348 g/mol. The average molecular weight is 348 g/mol. The summed E-state index contributed by atoms with van der Waals surface area (Å²) in [5.41, 5.74) is 2.38. The van der Waals surface area contributed by atoms with Crippen LogP contribution in [0, 0.1) is 11.3 Å². The molecule has 1 aliphatic heterocycles. The highest BCUT2D eigenvalue weighted by atomic mass is 16.7. The van der Waals surface area contributed by atoms with Crippen molar-refractivity contribution >= 4 is 17.8 Å². The van der Waals surface area contributed by atoms with Crippen LogP contribution in [-0.2, 0) is 9.63 Å². The Balaban J connectivity index is 1.95. The van der Waals surface area contributed by atoms with Gasteiger partial charge in [-0.05, 0) is 30.7 Å². The van der Waals surface area contributed by atoms with Gasteiger partial charge in [0.15, 0.2) is 18.1 Å². The van der Waals surface area contributed by atoms with Gasteiger partial charge in [-0.1, -0.05) is 41.6 Å². The van der Waals surface area contributed by atoms with Crippen LogP contribution in [0.5, 0.6) is 11.5 Å². The van der Waals surface area contributed by atoms with Crippen LogP contribution in [0.1, 0.15) is 18.1 Å². The quantitative estimate of drug-likeness (QED) is 0.591. The third-order valence-electron chi connectivity index (χ3n) is 3.61. The van der Waals surface area contributed by atoms with Crippen molar-refractivity contribution in [1.29, 1.82) is 5.26 Å². The summed E-state index contributed by atoms with van der Waals surface area (Å²) in [4.78, 5) is 16.9. The molecule has 130 valence electrons. The van der Waals surface area contributed by atoms with Crippen LogP contribution >= 0.6 is 0 Å². The minimum atomic E-state index is -0.508. The molecule has 1 aliphatic rings. The first-order valence-electron chi connectivity index (χ1n) is 8.06. The van der Waals surface area contributed by atoms with E-state index < -0.39 is 5.97 Å². The van der Waals surface area contributed by atoms with Crippen molar-refractivity contribution in [3.05, 3.63) is 65.2 Å². The van der Waals surface area contributed by atoms with Crippen molar-refractivity contribution in [3.8, 4) is 17.6 Å². The minimum absolute atomic E-state index is 0.0718. The number of oxime groups is 1. The number of rotatable bonds is 6. The van der Waals surface area contributed by atoms with Crippen LogP contribution < -0.4 is 9.47 Å². The molecule has 2 aromatic carbocycles. The number of ether oxygens (including phenoxy) is 2. The molecule has 0 spiro atoms. The number of hydrogen-bond acceptors (Lipinski definition) is 6. The minimum Gasteiger partial charge on any atom is -0.490 e. The summed E-state index contributed by atoms with van der Waals surface area (Å²) in [6.07, 6.45) is 1.69. The second-order valence-electron chi connectivity index (χ2n) is 5.33. The Morgan fingerprint density at radius 3 is 2.69 bits per heavy atom. The smallest absolute Gasteiger partial charge is 0.368 e. The van der Waals surface area contributed by atoms with Gasteiger partial charge in [0.25, 0.3) is 0 Å². The fourth-order valence-corrected chi connectivity index (χ4v) is 2.49. The van der Waals surface area contributed by atoms with Gasteiger partial charge in [-0.25, -0.2) is 4.79 Å². The summed E-state index contributed by atoms with van der Waals surface area (Å²) in [5, 5.41) is 12.6. The zero-order valence-corrected chi connectivity index (χ0v) is 14.1. The van der Waals surface area contributed by atoms with E-state index in [4.69, 9.17) is 19.6 Å². The fourth-order valence-electron chi connectivity index (χ4n) is 2.49. The standard InChI is InChI=1S/C20H16N2O4/c1-2-24-18-13-14(8-9-17(18)25-11-10-21)12-16-19(22-26-20(16)23)15-6-4-3-5-7-15/h3-9,12-13H,2,11H2,1H3/b16-12-. The van der Waals surface area contributed by atoms with E-state index in [-0.39, 0.29) is 6.61 Å². The summed E-state index contributed by atoms with van der Waals surface area (Å²) in [6, 6.07) is 16.5. The normalized spacial score (nSPS) is 14.5. The molecule has 3 rings (SSSR count). The zero-order valence-electron chi connectivity index (χ0n) is 14.1. The Hall–Kier alpha value is -3.59. The third kappa shape index (κ3) is 3.73. The molecule has 26 heavy (non-hydrogen) atoms. The van der Waals surface area contributed by atoms with Crippen LogP contribution in [0.3, 0.4) is 0 Å². The molecule has 6 nitrogen and oxygen atoms in total. The molecule has 0 aliphatic carbocycles. The largest absolute Gasteiger partial charge is 0.490 e. The summed E-state index contributed by atoms with van der Waals surface area (Å²) < 4.78 is 10.9. The van der Waals surface area contributed by atoms with Crippen molar-refractivity contribution in [2.75, 3.05) is 13.2 Å². The van der Waals surface area contributed by atoms with E-state index in [9.17, 15) is 4.79 Å². The number of carbonyl (C=O) groups is 1. The summed E-state index contributed by atoms with van der Waals surface area (Å²) >= 11 is 0. The number of nitriles is 1. The molecule has 0 saturated carbocycles. The van der Waals surface area contributed by atoms with Crippen LogP contribution in [0.4, 0.5) is 0 Å². The van der Waals surface area contributed by atoms with Gasteiger partial charge >= 0.3 is 5.97 Å². The van der Waals surface area contributed by atoms with E-state index in [1.165, 1.54) is 0 Å². The molecule has 0 amide bonds. The van der Waals surface area contributed by atoms with Gasteiger partial charge in [-0.2, -0.15) is 5.26 Å². The Kier molecular flexibility index (Phi) is 5.30. The van der Waals surface area contributed by atoms with Gasteiger partial charge in [0, 0.05) is 5.56 Å². The van der Waals surface area contributed by atoms with Gasteiger partial charge < -0.3 is 14.3 Å². The van der Waals surface area contributed by atoms with E-state index in [1.54, 1.807) is 24.3 Å². The molecule has 0 radical (unpaired) electrons. The van der Waals surface area contributed by atoms with Crippen molar-refractivity contribution in [3.63, 3.8) is 0 Å². The van der Waals surface area contributed by atoms with Gasteiger partial charge in [0.05, 0.1) is 12.2 Å². The van der Waals surface area contributed by atoms with Crippen molar-refractivity contribution in [1.82, 2.24) is 0 Å². The third-order valence-corrected chi connectivity index (χ3v) is 3.61. The molecule has 6 heteroatoms. The fraction of sp³-hybridized carbons (Fsp3) is 0.150. The second kappa shape index (κ2) is 7.99. The SMILES string of the molecule is CCOc1cc(/C=C2\C(=O)ON=C2c2ccccc2)ccc1OCC#N. The van der Waals surface area contributed by atoms with Gasteiger partial charge in [-0.3, -0.25) is 0 Å². The lowest BCUT2D eigenvalue weighted by Crippen LogP contribution is -2.06. The van der Waals surface area contributed by atoms with E-state index in [0.717, 1.165) is 11.1 Å². The molecular weight excluding hydrogens is 332 g/mol. The van der Waals surface area contributed by atoms with Crippen LogP contribution in [-0.4, -0.2) is 24.9 Å². The summed E-state index contributed by atoms with van der Waals surface area (Å²) in [7, 11) is 0. The molecule has 0 aromatic heterocycles. The molecule has 1 heterocycles. The van der Waals surface area contributed by atoms with E-state index >= 15 is 0 Å². The maximum atomic E-state index is 12.1. The van der Waals surface area contributed by atoms with Gasteiger partial charge in [0.1, 0.15) is 11.8 Å². The molecule has 0 unspecified atom stereocenters. The molecule has 0 saturated heterocycles. The summed E-state index contributed by atoms with van der Waals surface area (Å²) in [6.45, 7) is 2.23. The first-order valence-corrected chi connectivity index (χ1v) is 8.06. The predicted octanol–water partition coefficient (Wildman–Crippen LogP) is 3.33. The Morgan fingerprint density at radius 1 is 1.15 bits per heavy atom. The van der Waals surface area contributed by atoms with Crippen LogP contribution in [0.25, 0.3) is 6.08 Å². The first kappa shape index (κ1) is 17.2. The highest BCUT2D eigenvalue weighted by molar-refractivity contribution is 6.31. The number of nitrogens with zero attached hydrogens (tertiary/aromatic N) is 2. The Morgan fingerprint density at radius 2 is 1.96 bits per heavy atom. The summed E-state index contributed by atoms with van der Waals surface area (Å²) in [5.74, 6) is 0.467. The molecule has 0 N–H and O–H groups in total. The lowest BCUT2D eigenvalue weighted by atomic mass is 10.0. The number of hydrogen-bond donors (Lipinski definition) is 0. The molecule has 2 aromatic rings. The highest BCUT2D eigenvalue weighted by Gasteiger charge is 2.26.